The molecule has 2 heterocycles. The second-order valence-corrected chi connectivity index (χ2v) is 7.70. The Morgan fingerprint density at radius 3 is 2.48 bits per heavy atom. The summed E-state index contributed by atoms with van der Waals surface area (Å²) in [5, 5.41) is 19.1. The van der Waals surface area contributed by atoms with Gasteiger partial charge in [-0.05, 0) is 24.3 Å². The third-order valence-electron chi connectivity index (χ3n) is 5.67. The zero-order valence-corrected chi connectivity index (χ0v) is 17.6. The van der Waals surface area contributed by atoms with Crippen molar-refractivity contribution in [1.29, 1.82) is 0 Å². The largest absolute Gasteiger partial charge is 0.491 e. The van der Waals surface area contributed by atoms with E-state index in [1.165, 1.54) is 0 Å². The molecule has 1 amide bonds. The molecule has 1 aromatic heterocycles. The van der Waals surface area contributed by atoms with Crippen molar-refractivity contribution in [3.05, 3.63) is 36.5 Å². The number of carbonyl (C=O) groups excluding carboxylic acids is 1. The fourth-order valence-electron chi connectivity index (χ4n) is 3.88. The van der Waals surface area contributed by atoms with Gasteiger partial charge in [0.1, 0.15) is 18.9 Å². The summed E-state index contributed by atoms with van der Waals surface area (Å²) in [7, 11) is 3.29. The predicted molar refractivity (Wildman–Crippen MR) is 114 cm³/mol. The lowest BCUT2D eigenvalue weighted by Crippen LogP contribution is -2.41. The molecule has 166 valence electrons. The second kappa shape index (κ2) is 9.09. The van der Waals surface area contributed by atoms with Gasteiger partial charge in [0.2, 0.25) is 11.8 Å². The van der Waals surface area contributed by atoms with Gasteiger partial charge in [-0.3, -0.25) is 4.79 Å². The molecular formula is C22H27N3O6. The average Bonchev–Trinajstić information content (AvgIpc) is 3.11. The molecule has 0 saturated heterocycles. The molecule has 1 aliphatic heterocycles. The van der Waals surface area contributed by atoms with E-state index in [0.29, 0.717) is 37.7 Å². The van der Waals surface area contributed by atoms with Crippen molar-refractivity contribution in [3.63, 3.8) is 0 Å². The minimum absolute atomic E-state index is 0.0286. The Labute approximate surface area is 180 Å². The van der Waals surface area contributed by atoms with E-state index in [0.717, 1.165) is 17.1 Å². The fourth-order valence-corrected chi connectivity index (χ4v) is 3.88. The summed E-state index contributed by atoms with van der Waals surface area (Å²) in [5.41, 5.74) is 2.42. The molecule has 1 aromatic carbocycles. The van der Waals surface area contributed by atoms with Crippen LogP contribution in [0.5, 0.6) is 11.6 Å². The highest BCUT2D eigenvalue weighted by Crippen LogP contribution is 2.39. The van der Waals surface area contributed by atoms with Crippen molar-refractivity contribution in [3.8, 4) is 11.6 Å². The van der Waals surface area contributed by atoms with Crippen LogP contribution >= 0.6 is 0 Å². The van der Waals surface area contributed by atoms with Crippen molar-refractivity contribution in [2.24, 2.45) is 0 Å². The van der Waals surface area contributed by atoms with Crippen molar-refractivity contribution >= 4 is 23.0 Å². The number of rotatable bonds is 7. The van der Waals surface area contributed by atoms with Gasteiger partial charge in [-0.25, -0.2) is 4.98 Å². The molecule has 2 unspecified atom stereocenters. The lowest BCUT2D eigenvalue weighted by molar-refractivity contribution is -0.117. The maximum atomic E-state index is 12.4. The normalized spacial score (nSPS) is 23.1. The molecule has 1 saturated carbocycles. The van der Waals surface area contributed by atoms with Crippen LogP contribution in [-0.2, 0) is 9.53 Å². The van der Waals surface area contributed by atoms with Crippen molar-refractivity contribution in [2.75, 3.05) is 43.7 Å². The zero-order chi connectivity index (χ0) is 22.0. The highest BCUT2D eigenvalue weighted by atomic mass is 16.5. The van der Waals surface area contributed by atoms with E-state index in [9.17, 15) is 15.0 Å². The van der Waals surface area contributed by atoms with Gasteiger partial charge in [0.15, 0.2) is 0 Å². The van der Waals surface area contributed by atoms with Gasteiger partial charge in [0.05, 0.1) is 49.6 Å². The smallest absolute Gasteiger partial charge is 0.246 e. The molecular weight excluding hydrogens is 402 g/mol. The fraction of sp³-hybridized carbons (Fsp3) is 0.455. The number of amides is 1. The van der Waals surface area contributed by atoms with Crippen LogP contribution < -0.4 is 19.3 Å². The number of carbonyl (C=O) groups is 1. The van der Waals surface area contributed by atoms with E-state index in [-0.39, 0.29) is 18.6 Å². The minimum atomic E-state index is -0.708. The van der Waals surface area contributed by atoms with Crippen LogP contribution in [0.2, 0.25) is 0 Å². The van der Waals surface area contributed by atoms with Gasteiger partial charge < -0.3 is 34.2 Å². The Kier molecular flexibility index (Phi) is 6.26. The third-order valence-corrected chi connectivity index (χ3v) is 5.67. The first kappa shape index (κ1) is 21.4. The highest BCUT2D eigenvalue weighted by Gasteiger charge is 2.32. The summed E-state index contributed by atoms with van der Waals surface area (Å²) in [6.07, 6.45) is 0.972. The Morgan fingerprint density at radius 2 is 1.81 bits per heavy atom. The van der Waals surface area contributed by atoms with Crippen molar-refractivity contribution in [1.82, 2.24) is 4.98 Å². The quantitative estimate of drug-likeness (QED) is 0.638. The van der Waals surface area contributed by atoms with Crippen LogP contribution in [0.15, 0.2) is 36.5 Å². The first-order chi connectivity index (χ1) is 15.0. The summed E-state index contributed by atoms with van der Waals surface area (Å²) in [6.45, 7) is 0.948. The van der Waals surface area contributed by atoms with Gasteiger partial charge in [-0.2, -0.15) is 0 Å². The molecule has 1 aliphatic carbocycles. The SMILES string of the molecule is COc1cc2c(cn1)N(C)C(=O)CN2c1ccc(OCCOC2CC(O)C(O)C2)cc1. The number of pyridine rings is 1. The molecule has 0 bridgehead atoms. The first-order valence-corrected chi connectivity index (χ1v) is 10.2. The average molecular weight is 429 g/mol. The summed E-state index contributed by atoms with van der Waals surface area (Å²) < 4.78 is 16.6. The first-order valence-electron chi connectivity index (χ1n) is 10.2. The number of hydrogen-bond acceptors (Lipinski definition) is 8. The number of aromatic nitrogens is 1. The number of hydrogen-bond donors (Lipinski definition) is 2. The van der Waals surface area contributed by atoms with Crippen LogP contribution in [0, 0.1) is 0 Å². The number of benzene rings is 1. The Morgan fingerprint density at radius 1 is 1.10 bits per heavy atom. The third kappa shape index (κ3) is 4.58. The van der Waals surface area contributed by atoms with Crippen LogP contribution in [-0.4, -0.2) is 73.3 Å². The minimum Gasteiger partial charge on any atom is -0.491 e. The number of aliphatic hydroxyl groups is 2. The van der Waals surface area contributed by atoms with Crippen molar-refractivity contribution < 1.29 is 29.2 Å². The molecule has 1 fully saturated rings. The van der Waals surface area contributed by atoms with Crippen LogP contribution in [0.4, 0.5) is 17.1 Å². The number of fused-ring (bicyclic) bond motifs is 1. The molecule has 2 aliphatic rings. The van der Waals surface area contributed by atoms with E-state index in [4.69, 9.17) is 14.2 Å². The summed E-state index contributed by atoms with van der Waals surface area (Å²) in [5.74, 6) is 1.14. The maximum Gasteiger partial charge on any atom is 0.246 e. The maximum absolute atomic E-state index is 12.4. The Bertz CT molecular complexity index is 912. The molecule has 2 N–H and O–H groups in total. The van der Waals surface area contributed by atoms with Gasteiger partial charge in [-0.15, -0.1) is 0 Å². The Hall–Kier alpha value is -2.88. The summed E-state index contributed by atoms with van der Waals surface area (Å²) >= 11 is 0. The van der Waals surface area contributed by atoms with E-state index < -0.39 is 12.2 Å². The zero-order valence-electron chi connectivity index (χ0n) is 17.6. The number of anilines is 3. The van der Waals surface area contributed by atoms with E-state index in [1.807, 2.05) is 35.2 Å². The standard InChI is InChI=1S/C22H27N3O6/c1-24-18-12-23-21(29-2)11-17(18)25(13-22(24)28)14-3-5-15(6-4-14)30-7-8-31-16-9-19(26)20(27)10-16/h3-6,11-12,16,19-20,26-27H,7-10,13H2,1-2H3. The lowest BCUT2D eigenvalue weighted by atomic mass is 10.1. The van der Waals surface area contributed by atoms with E-state index >= 15 is 0 Å². The van der Waals surface area contributed by atoms with Gasteiger partial charge >= 0.3 is 0 Å². The molecule has 2 atom stereocenters. The van der Waals surface area contributed by atoms with Crippen molar-refractivity contribution in [2.45, 2.75) is 31.2 Å². The molecule has 31 heavy (non-hydrogen) atoms. The monoisotopic (exact) mass is 429 g/mol. The molecule has 0 radical (unpaired) electrons. The molecule has 4 rings (SSSR count). The van der Waals surface area contributed by atoms with Crippen LogP contribution in [0.3, 0.4) is 0 Å². The van der Waals surface area contributed by atoms with E-state index in [2.05, 4.69) is 4.98 Å². The topological polar surface area (TPSA) is 105 Å². The Balaban J connectivity index is 1.38. The lowest BCUT2D eigenvalue weighted by Gasteiger charge is -2.35. The number of methoxy groups -OCH3 is 1. The van der Waals surface area contributed by atoms with Crippen LogP contribution in [0.1, 0.15) is 12.8 Å². The highest BCUT2D eigenvalue weighted by molar-refractivity contribution is 6.04. The van der Waals surface area contributed by atoms with Gasteiger partial charge in [0, 0.05) is 31.6 Å². The number of aliphatic hydroxyl groups excluding tert-OH is 2. The summed E-state index contributed by atoms with van der Waals surface area (Å²) in [6, 6.07) is 9.31. The number of nitrogens with zero attached hydrogens (tertiary/aromatic N) is 3. The van der Waals surface area contributed by atoms with E-state index in [1.54, 1.807) is 25.3 Å². The van der Waals surface area contributed by atoms with Crippen LogP contribution in [0.25, 0.3) is 0 Å². The molecule has 9 heteroatoms. The van der Waals surface area contributed by atoms with Gasteiger partial charge in [-0.1, -0.05) is 0 Å². The molecule has 9 nitrogen and oxygen atoms in total. The molecule has 2 aromatic rings. The summed E-state index contributed by atoms with van der Waals surface area (Å²) in [4.78, 5) is 20.2. The number of likely N-dealkylation sites (N-methyl/N-ethyl adjacent to an activating group) is 1. The van der Waals surface area contributed by atoms with Gasteiger partial charge in [0.25, 0.3) is 0 Å². The molecule has 0 spiro atoms. The number of ether oxygens (including phenoxy) is 3. The predicted octanol–water partition coefficient (Wildman–Crippen LogP) is 1.48. The second-order valence-electron chi connectivity index (χ2n) is 7.70.